The zero-order valence-electron chi connectivity index (χ0n) is 25.6. The number of halogens is 1. The summed E-state index contributed by atoms with van der Waals surface area (Å²) in [6.45, 7) is 16.0. The lowest BCUT2D eigenvalue weighted by Crippen LogP contribution is -2.64. The van der Waals surface area contributed by atoms with E-state index in [1.165, 1.54) is 0 Å². The minimum atomic E-state index is -1.29. The topological polar surface area (TPSA) is 107 Å². The van der Waals surface area contributed by atoms with E-state index < -0.39 is 35.1 Å². The van der Waals surface area contributed by atoms with Crippen LogP contribution < -0.4 is 0 Å². The normalized spacial score (nSPS) is 45.9. The van der Waals surface area contributed by atoms with E-state index in [1.54, 1.807) is 14.0 Å². The molecule has 9 heteroatoms. The highest BCUT2D eigenvalue weighted by Gasteiger charge is 2.58. The molecule has 4 aliphatic rings. The van der Waals surface area contributed by atoms with Gasteiger partial charge in [-0.25, -0.2) is 0 Å². The Morgan fingerprint density at radius 1 is 1.02 bits per heavy atom. The van der Waals surface area contributed by atoms with Gasteiger partial charge in [0.25, 0.3) is 0 Å². The molecule has 8 nitrogen and oxygen atoms in total. The van der Waals surface area contributed by atoms with E-state index in [4.69, 9.17) is 23.7 Å². The van der Waals surface area contributed by atoms with Gasteiger partial charge in [-0.05, 0) is 98.5 Å². The summed E-state index contributed by atoms with van der Waals surface area (Å²) >= 11 is 3.79. The van der Waals surface area contributed by atoms with E-state index in [0.717, 1.165) is 32.1 Å². The van der Waals surface area contributed by atoms with Crippen LogP contribution >= 0.6 is 15.9 Å². The Morgan fingerprint density at radius 2 is 1.68 bits per heavy atom. The van der Waals surface area contributed by atoms with Crippen molar-refractivity contribution in [2.75, 3.05) is 13.7 Å². The van der Waals surface area contributed by atoms with Crippen molar-refractivity contribution < 1.29 is 39.0 Å². The highest BCUT2D eigenvalue weighted by molar-refractivity contribution is 9.09. The van der Waals surface area contributed by atoms with Crippen LogP contribution in [0.5, 0.6) is 0 Å². The highest BCUT2D eigenvalue weighted by Crippen LogP contribution is 2.50. The summed E-state index contributed by atoms with van der Waals surface area (Å²) in [6, 6.07) is 0. The first-order valence-electron chi connectivity index (χ1n) is 15.1. The number of rotatable bonds is 9. The lowest BCUT2D eigenvalue weighted by molar-refractivity contribution is -0.308. The third-order valence-corrected chi connectivity index (χ3v) is 12.1. The van der Waals surface area contributed by atoms with Crippen LogP contribution in [-0.2, 0) is 23.7 Å². The first-order chi connectivity index (χ1) is 18.5. The smallest absolute Gasteiger partial charge is 0.114 e. The molecule has 4 heterocycles. The van der Waals surface area contributed by atoms with Gasteiger partial charge in [-0.3, -0.25) is 0 Å². The van der Waals surface area contributed by atoms with E-state index in [1.807, 2.05) is 6.92 Å². The number of aliphatic hydroxyl groups excluding tert-OH is 2. The maximum absolute atomic E-state index is 11.8. The fraction of sp³-hybridized carbons (Fsp3) is 0.935. The standard InChI is InChI=1S/C31H53BrO8/c1-19(18-33)20(36-8)11-14-28(4)22(34)17-26(39-28)31(7,35)25-10-9-23-29(5,38-25)16-13-24(37-23)30(6)15-12-21(32)27(2,3)40-30/h20-26,33-35H,1,9-18H2,2-8H3/t20-,21-,22-,23-,24-,25+,26-,28+,29+,30+,31-/m1/s1. The fourth-order valence-electron chi connectivity index (χ4n) is 7.45. The molecule has 40 heavy (non-hydrogen) atoms. The molecule has 0 aromatic heterocycles. The number of aliphatic hydroxyl groups is 3. The first kappa shape index (κ1) is 32.8. The second-order valence-electron chi connectivity index (χ2n) is 14.1. The molecule has 11 atom stereocenters. The maximum Gasteiger partial charge on any atom is 0.114 e. The molecule has 4 rings (SSSR count). The van der Waals surface area contributed by atoms with Crippen LogP contribution in [0, 0.1) is 0 Å². The summed E-state index contributed by atoms with van der Waals surface area (Å²) in [5.74, 6) is 0. The predicted octanol–water partition coefficient (Wildman–Crippen LogP) is 4.59. The molecule has 0 amide bonds. The Labute approximate surface area is 249 Å². The van der Waals surface area contributed by atoms with Gasteiger partial charge in [0.1, 0.15) is 5.60 Å². The maximum atomic E-state index is 11.8. The molecule has 232 valence electrons. The second-order valence-corrected chi connectivity index (χ2v) is 15.3. The average Bonchev–Trinajstić information content (AvgIpc) is 3.20. The van der Waals surface area contributed by atoms with Crippen LogP contribution in [0.4, 0.5) is 0 Å². The summed E-state index contributed by atoms with van der Waals surface area (Å²) in [5, 5.41) is 32.3. The van der Waals surface area contributed by atoms with Gasteiger partial charge >= 0.3 is 0 Å². The molecule has 0 bridgehead atoms. The van der Waals surface area contributed by atoms with Crippen molar-refractivity contribution in [1.29, 1.82) is 0 Å². The summed E-state index contributed by atoms with van der Waals surface area (Å²) in [4.78, 5) is 0.322. The van der Waals surface area contributed by atoms with Gasteiger partial charge in [-0.15, -0.1) is 0 Å². The van der Waals surface area contributed by atoms with Gasteiger partial charge in [0, 0.05) is 18.4 Å². The third-order valence-electron chi connectivity index (χ3n) is 10.5. The van der Waals surface area contributed by atoms with E-state index in [2.05, 4.69) is 50.2 Å². The molecule has 0 aliphatic carbocycles. The summed E-state index contributed by atoms with van der Waals surface area (Å²) in [6.07, 6.45) is 4.28. The lowest BCUT2D eigenvalue weighted by Gasteiger charge is -2.56. The number of hydrogen-bond acceptors (Lipinski definition) is 8. The number of methoxy groups -OCH3 is 1. The molecule has 0 aromatic rings. The minimum absolute atomic E-state index is 0.00243. The first-order valence-corrected chi connectivity index (χ1v) is 16.0. The molecule has 0 spiro atoms. The molecule has 4 saturated heterocycles. The Bertz CT molecular complexity index is 912. The van der Waals surface area contributed by atoms with Crippen LogP contribution in [0.15, 0.2) is 12.2 Å². The van der Waals surface area contributed by atoms with Crippen molar-refractivity contribution in [3.05, 3.63) is 12.2 Å². The van der Waals surface area contributed by atoms with Gasteiger partial charge in [0.15, 0.2) is 0 Å². The molecule has 4 fully saturated rings. The number of fused-ring (bicyclic) bond motifs is 1. The van der Waals surface area contributed by atoms with Gasteiger partial charge in [0.05, 0.1) is 65.6 Å². The quantitative estimate of drug-likeness (QED) is 0.250. The number of ether oxygens (including phenoxy) is 5. The van der Waals surface area contributed by atoms with Crippen molar-refractivity contribution in [2.24, 2.45) is 0 Å². The monoisotopic (exact) mass is 632 g/mol. The van der Waals surface area contributed by atoms with E-state index in [0.29, 0.717) is 36.1 Å². The Kier molecular flexibility index (Phi) is 9.65. The minimum Gasteiger partial charge on any atom is -0.392 e. The van der Waals surface area contributed by atoms with Crippen molar-refractivity contribution in [3.8, 4) is 0 Å². The molecule has 0 aromatic carbocycles. The van der Waals surface area contributed by atoms with Crippen molar-refractivity contribution in [1.82, 2.24) is 0 Å². The number of alkyl halides is 1. The fourth-order valence-corrected chi connectivity index (χ4v) is 7.77. The van der Waals surface area contributed by atoms with Crippen molar-refractivity contribution in [3.63, 3.8) is 0 Å². The predicted molar refractivity (Wildman–Crippen MR) is 157 cm³/mol. The lowest BCUT2D eigenvalue weighted by atomic mass is 9.75. The third kappa shape index (κ3) is 6.25. The molecule has 0 unspecified atom stereocenters. The summed E-state index contributed by atoms with van der Waals surface area (Å²) in [5.41, 5.74) is -2.66. The van der Waals surface area contributed by atoms with Gasteiger partial charge in [0.2, 0.25) is 0 Å². The number of hydrogen-bond donors (Lipinski definition) is 3. The average molecular weight is 634 g/mol. The van der Waals surface area contributed by atoms with Gasteiger partial charge < -0.3 is 39.0 Å². The van der Waals surface area contributed by atoms with Crippen LogP contribution in [0.2, 0.25) is 0 Å². The van der Waals surface area contributed by atoms with E-state index in [9.17, 15) is 15.3 Å². The zero-order chi connectivity index (χ0) is 29.7. The van der Waals surface area contributed by atoms with Gasteiger partial charge in [-0.2, -0.15) is 0 Å². The Balaban J connectivity index is 1.38. The summed E-state index contributed by atoms with van der Waals surface area (Å²) in [7, 11) is 1.58. The van der Waals surface area contributed by atoms with Crippen LogP contribution in [0.25, 0.3) is 0 Å². The largest absolute Gasteiger partial charge is 0.392 e. The highest BCUT2D eigenvalue weighted by atomic mass is 79.9. The summed E-state index contributed by atoms with van der Waals surface area (Å²) < 4.78 is 32.0. The second kappa shape index (κ2) is 11.8. The molecule has 4 aliphatic heterocycles. The van der Waals surface area contributed by atoms with E-state index in [-0.39, 0.29) is 36.1 Å². The molecular weight excluding hydrogens is 580 g/mol. The van der Waals surface area contributed by atoms with Crippen LogP contribution in [-0.4, -0.2) is 98.5 Å². The van der Waals surface area contributed by atoms with Crippen LogP contribution in [0.1, 0.15) is 99.3 Å². The molecule has 0 saturated carbocycles. The van der Waals surface area contributed by atoms with E-state index >= 15 is 0 Å². The Morgan fingerprint density at radius 3 is 2.30 bits per heavy atom. The van der Waals surface area contributed by atoms with Crippen LogP contribution in [0.3, 0.4) is 0 Å². The van der Waals surface area contributed by atoms with Crippen molar-refractivity contribution in [2.45, 2.75) is 169 Å². The molecule has 0 radical (unpaired) electrons. The molecule has 3 N–H and O–H groups in total. The zero-order valence-corrected chi connectivity index (χ0v) is 27.2. The molecular formula is C31H53BrO8. The van der Waals surface area contributed by atoms with Gasteiger partial charge in [-0.1, -0.05) is 22.5 Å². The SMILES string of the molecule is C=C(CO)[C@@H](CC[C@]1(C)O[C@@H]([C@](C)(O)[C@@H]2CC[C@H]3O[C@@H]([C@]4(C)CC[C@@H](Br)C(C)(C)O4)CC[C@]3(C)O2)C[C@H]1O)OC. The Hall–Kier alpha value is -0.1000. The van der Waals surface area contributed by atoms with Crippen molar-refractivity contribution >= 4 is 15.9 Å².